The number of pyridine rings is 1. The summed E-state index contributed by atoms with van der Waals surface area (Å²) in [5.74, 6) is 0.590. The molecular formula is C36H47N9O6. The van der Waals surface area contributed by atoms with Gasteiger partial charge in [-0.25, -0.2) is 14.6 Å². The molecule has 4 aromatic rings. The molecule has 1 aliphatic heterocycles. The Morgan fingerprint density at radius 2 is 1.78 bits per heavy atom. The molecule has 5 rings (SSSR count). The summed E-state index contributed by atoms with van der Waals surface area (Å²) >= 11 is 0. The fraction of sp³-hybridized carbons (Fsp3) is 0.500. The molecule has 1 unspecified atom stereocenters. The molecule has 1 fully saturated rings. The van der Waals surface area contributed by atoms with Crippen LogP contribution in [0.25, 0.3) is 22.6 Å². The van der Waals surface area contributed by atoms with Crippen molar-refractivity contribution in [2.24, 2.45) is 12.5 Å². The highest BCUT2D eigenvalue weighted by atomic mass is 16.7. The van der Waals surface area contributed by atoms with Gasteiger partial charge in [-0.05, 0) is 82.0 Å². The zero-order valence-corrected chi connectivity index (χ0v) is 30.8. The highest BCUT2D eigenvalue weighted by molar-refractivity contribution is 6.06. The molecule has 272 valence electrons. The lowest BCUT2D eigenvalue weighted by atomic mass is 9.94. The Bertz CT molecular complexity index is 1860. The third-order valence-corrected chi connectivity index (χ3v) is 8.28. The maximum Gasteiger partial charge on any atom is 0.510 e. The standard InChI is InChI=1S/C36H47N9O6/c1-10-49-34(48)50-32(35(3,4)5)45-40-29(39-41-45)28-27(21-38-42(28)9)24-15-17-25(18-16-24)31(46)44(30-23(2)13-11-19-37-30)26-14-12-20-43(22-26)33(47)51-36(6,7)8/h11,13,15-19,21,26,32H,10,12,14,20,22H2,1-9H3/t26-,32?/m1/s1. The molecule has 2 atom stereocenters. The van der Waals surface area contributed by atoms with Crippen molar-refractivity contribution in [1.82, 2.24) is 39.9 Å². The Labute approximate surface area is 297 Å². The fourth-order valence-corrected chi connectivity index (χ4v) is 5.90. The lowest BCUT2D eigenvalue weighted by molar-refractivity contribution is -0.0681. The van der Waals surface area contributed by atoms with Gasteiger partial charge in [-0.2, -0.15) is 5.10 Å². The summed E-state index contributed by atoms with van der Waals surface area (Å²) in [6.07, 6.45) is 2.67. The van der Waals surface area contributed by atoms with Gasteiger partial charge in [-0.1, -0.05) is 39.0 Å². The topological polar surface area (TPSA) is 160 Å². The third-order valence-electron chi connectivity index (χ3n) is 8.28. The summed E-state index contributed by atoms with van der Waals surface area (Å²) in [5.41, 5.74) is 2.17. The van der Waals surface area contributed by atoms with Gasteiger partial charge in [0.15, 0.2) is 0 Å². The summed E-state index contributed by atoms with van der Waals surface area (Å²) in [5, 5.41) is 17.5. The van der Waals surface area contributed by atoms with Crippen LogP contribution in [0.2, 0.25) is 0 Å². The predicted molar refractivity (Wildman–Crippen MR) is 189 cm³/mol. The van der Waals surface area contributed by atoms with Crippen LogP contribution >= 0.6 is 0 Å². The number of aryl methyl sites for hydroxylation is 2. The van der Waals surface area contributed by atoms with Crippen LogP contribution in [0.5, 0.6) is 0 Å². The molecule has 15 heteroatoms. The number of piperidine rings is 1. The number of amides is 2. The third kappa shape index (κ3) is 8.52. The monoisotopic (exact) mass is 701 g/mol. The normalized spacial score (nSPS) is 15.6. The van der Waals surface area contributed by atoms with Crippen molar-refractivity contribution in [2.75, 3.05) is 24.6 Å². The number of carbonyl (C=O) groups excluding carboxylic acids is 3. The minimum Gasteiger partial charge on any atom is -0.444 e. The van der Waals surface area contributed by atoms with Crippen molar-refractivity contribution < 1.29 is 28.6 Å². The minimum absolute atomic E-state index is 0.169. The lowest BCUT2D eigenvalue weighted by Crippen LogP contribution is -2.53. The average Bonchev–Trinajstić information content (AvgIpc) is 3.70. The molecule has 2 amide bonds. The van der Waals surface area contributed by atoms with Crippen molar-refractivity contribution in [2.45, 2.75) is 86.1 Å². The number of ether oxygens (including phenoxy) is 3. The van der Waals surface area contributed by atoms with E-state index in [0.717, 1.165) is 11.1 Å². The zero-order chi connectivity index (χ0) is 37.1. The second kappa shape index (κ2) is 14.9. The number of nitrogens with zero attached hydrogens (tertiary/aromatic N) is 9. The first-order valence-corrected chi connectivity index (χ1v) is 17.1. The van der Waals surface area contributed by atoms with Gasteiger partial charge >= 0.3 is 12.2 Å². The number of aromatic nitrogens is 7. The number of hydrogen-bond acceptors (Lipinski definition) is 11. The average molecular weight is 702 g/mol. The number of carbonyl (C=O) groups is 3. The smallest absolute Gasteiger partial charge is 0.444 e. The zero-order valence-electron chi connectivity index (χ0n) is 30.8. The van der Waals surface area contributed by atoms with E-state index in [-0.39, 0.29) is 24.4 Å². The van der Waals surface area contributed by atoms with Crippen molar-refractivity contribution in [3.63, 3.8) is 0 Å². The Hall–Kier alpha value is -5.34. The van der Waals surface area contributed by atoms with E-state index in [1.165, 1.54) is 4.80 Å². The van der Waals surface area contributed by atoms with Crippen LogP contribution in [0.15, 0.2) is 48.8 Å². The second-order valence-electron chi connectivity index (χ2n) is 14.6. The van der Waals surface area contributed by atoms with Gasteiger partial charge in [0, 0.05) is 42.9 Å². The molecule has 15 nitrogen and oxygen atoms in total. The van der Waals surface area contributed by atoms with E-state index < -0.39 is 29.5 Å². The van der Waals surface area contributed by atoms with Crippen molar-refractivity contribution >= 4 is 24.0 Å². The number of rotatable bonds is 8. The molecular weight excluding hydrogens is 654 g/mol. The molecule has 0 N–H and O–H groups in total. The van der Waals surface area contributed by atoms with E-state index in [2.05, 4.69) is 25.5 Å². The van der Waals surface area contributed by atoms with Crippen LogP contribution in [-0.2, 0) is 21.3 Å². The van der Waals surface area contributed by atoms with Crippen LogP contribution in [0.1, 0.15) is 83.5 Å². The summed E-state index contributed by atoms with van der Waals surface area (Å²) in [4.78, 5) is 48.8. The van der Waals surface area contributed by atoms with E-state index in [4.69, 9.17) is 14.2 Å². The van der Waals surface area contributed by atoms with Crippen LogP contribution < -0.4 is 4.90 Å². The summed E-state index contributed by atoms with van der Waals surface area (Å²) in [7, 11) is 1.77. The number of hydrogen-bond donors (Lipinski definition) is 0. The number of tetrazole rings is 1. The lowest BCUT2D eigenvalue weighted by Gasteiger charge is -2.39. The van der Waals surface area contributed by atoms with E-state index in [0.29, 0.717) is 48.6 Å². The molecule has 1 aliphatic rings. The molecule has 0 saturated carbocycles. The van der Waals surface area contributed by atoms with Crippen LogP contribution in [0.3, 0.4) is 0 Å². The van der Waals surface area contributed by atoms with E-state index in [1.54, 1.807) is 53.0 Å². The molecule has 0 aliphatic carbocycles. The minimum atomic E-state index is -0.883. The highest BCUT2D eigenvalue weighted by Gasteiger charge is 2.36. The van der Waals surface area contributed by atoms with Gasteiger partial charge in [0.2, 0.25) is 12.1 Å². The molecule has 0 bridgehead atoms. The highest BCUT2D eigenvalue weighted by Crippen LogP contribution is 2.34. The first-order valence-electron chi connectivity index (χ1n) is 17.1. The van der Waals surface area contributed by atoms with Crippen molar-refractivity contribution in [1.29, 1.82) is 0 Å². The SMILES string of the molecule is CCOC(=O)OC(n1nnc(-c2c(-c3ccc(C(=O)N(c4ncccc4C)[C@@H]4CCCN(C(=O)OC(C)(C)C)C4)cc3)cnn2C)n1)C(C)(C)C. The van der Waals surface area contributed by atoms with E-state index in [1.807, 2.05) is 72.7 Å². The van der Waals surface area contributed by atoms with Crippen LogP contribution in [0, 0.1) is 12.3 Å². The van der Waals surface area contributed by atoms with E-state index in [9.17, 15) is 14.4 Å². The first kappa shape index (κ1) is 36.9. The summed E-state index contributed by atoms with van der Waals surface area (Å²) in [6, 6.07) is 10.7. The number of anilines is 1. The van der Waals surface area contributed by atoms with Gasteiger partial charge < -0.3 is 19.1 Å². The predicted octanol–water partition coefficient (Wildman–Crippen LogP) is 6.21. The van der Waals surface area contributed by atoms with Gasteiger partial charge in [0.25, 0.3) is 5.91 Å². The molecule has 1 aromatic carbocycles. The molecule has 4 heterocycles. The Morgan fingerprint density at radius 1 is 1.06 bits per heavy atom. The first-order chi connectivity index (χ1) is 24.1. The molecule has 0 radical (unpaired) electrons. The summed E-state index contributed by atoms with van der Waals surface area (Å²) < 4.78 is 17.8. The Kier molecular flexibility index (Phi) is 10.8. The van der Waals surface area contributed by atoms with Crippen LogP contribution in [-0.4, -0.2) is 89.4 Å². The second-order valence-corrected chi connectivity index (χ2v) is 14.6. The maximum absolute atomic E-state index is 14.4. The maximum atomic E-state index is 14.4. The number of benzene rings is 1. The van der Waals surface area contributed by atoms with Gasteiger partial charge in [-0.3, -0.25) is 14.4 Å². The van der Waals surface area contributed by atoms with Crippen LogP contribution in [0.4, 0.5) is 15.4 Å². The molecule has 3 aromatic heterocycles. The molecule has 0 spiro atoms. The number of likely N-dealkylation sites (tertiary alicyclic amines) is 1. The van der Waals surface area contributed by atoms with Gasteiger partial charge in [-0.15, -0.1) is 15.0 Å². The largest absolute Gasteiger partial charge is 0.510 e. The fourth-order valence-electron chi connectivity index (χ4n) is 5.90. The Balaban J connectivity index is 1.43. The van der Waals surface area contributed by atoms with E-state index >= 15 is 0 Å². The molecule has 51 heavy (non-hydrogen) atoms. The van der Waals surface area contributed by atoms with Crippen molar-refractivity contribution in [3.05, 3.63) is 59.9 Å². The quantitative estimate of drug-likeness (QED) is 0.192. The molecule has 1 saturated heterocycles. The van der Waals surface area contributed by atoms with Gasteiger partial charge in [0.05, 0.1) is 18.8 Å². The van der Waals surface area contributed by atoms with Crippen molar-refractivity contribution in [3.8, 4) is 22.6 Å². The van der Waals surface area contributed by atoms with Gasteiger partial charge in [0.1, 0.15) is 17.1 Å². The Morgan fingerprint density at radius 3 is 2.43 bits per heavy atom. The summed E-state index contributed by atoms with van der Waals surface area (Å²) in [6.45, 7) is 15.8.